The lowest BCUT2D eigenvalue weighted by Gasteiger charge is -2.28. The molecule has 100 valence electrons. The van der Waals surface area contributed by atoms with Crippen molar-refractivity contribution in [3.05, 3.63) is 28.8 Å². The van der Waals surface area contributed by atoms with Crippen molar-refractivity contribution in [3.63, 3.8) is 0 Å². The van der Waals surface area contributed by atoms with Crippen LogP contribution in [-0.4, -0.2) is 11.5 Å². The van der Waals surface area contributed by atoms with Gasteiger partial charge in [-0.3, -0.25) is 0 Å². The van der Waals surface area contributed by atoms with Crippen LogP contribution in [0.2, 0.25) is 5.02 Å². The number of hydrogen-bond acceptors (Lipinski definition) is 2. The van der Waals surface area contributed by atoms with Crippen LogP contribution in [0.5, 0.6) is 0 Å². The van der Waals surface area contributed by atoms with Crippen LogP contribution >= 0.6 is 23.8 Å². The van der Waals surface area contributed by atoms with Gasteiger partial charge < -0.3 is 11.1 Å². The number of anilines is 1. The minimum Gasteiger partial charge on any atom is -0.389 e. The van der Waals surface area contributed by atoms with E-state index in [2.05, 4.69) is 33.0 Å². The van der Waals surface area contributed by atoms with Crippen molar-refractivity contribution in [2.45, 2.75) is 27.7 Å². The molecule has 0 bridgehead atoms. The average molecular weight is 285 g/mol. The fraction of sp³-hybridized carbons (Fsp3) is 0.500. The van der Waals surface area contributed by atoms with Crippen LogP contribution in [0.3, 0.4) is 0 Å². The lowest BCUT2D eigenvalue weighted by Crippen LogP contribution is -2.24. The summed E-state index contributed by atoms with van der Waals surface area (Å²) in [4.78, 5) is 0.367. The smallest absolute Gasteiger partial charge is 0.104 e. The molecule has 4 heteroatoms. The molecule has 1 atom stereocenters. The van der Waals surface area contributed by atoms with Crippen LogP contribution < -0.4 is 11.1 Å². The molecule has 0 saturated carbocycles. The second kappa shape index (κ2) is 5.89. The number of rotatable bonds is 4. The van der Waals surface area contributed by atoms with Crippen LogP contribution in [-0.2, 0) is 0 Å². The molecule has 1 rings (SSSR count). The molecule has 1 unspecified atom stereocenters. The van der Waals surface area contributed by atoms with Crippen LogP contribution in [0.1, 0.15) is 33.3 Å². The SMILES string of the molecule is CC(CNc1ccc(C(N)=S)cc1Cl)C(C)(C)C. The third-order valence-electron chi connectivity index (χ3n) is 3.33. The monoisotopic (exact) mass is 284 g/mol. The highest BCUT2D eigenvalue weighted by atomic mass is 35.5. The molecule has 0 radical (unpaired) electrons. The van der Waals surface area contributed by atoms with E-state index in [9.17, 15) is 0 Å². The molecule has 3 N–H and O–H groups in total. The maximum Gasteiger partial charge on any atom is 0.104 e. The van der Waals surface area contributed by atoms with E-state index in [0.717, 1.165) is 17.8 Å². The van der Waals surface area contributed by atoms with Gasteiger partial charge in [-0.2, -0.15) is 0 Å². The van der Waals surface area contributed by atoms with E-state index >= 15 is 0 Å². The van der Waals surface area contributed by atoms with Gasteiger partial charge in [0.05, 0.1) is 10.7 Å². The Bertz CT molecular complexity index is 438. The molecule has 1 aromatic rings. The Labute approximate surface area is 120 Å². The molecule has 1 aromatic carbocycles. The summed E-state index contributed by atoms with van der Waals surface area (Å²) in [5, 5.41) is 4.02. The van der Waals surface area contributed by atoms with E-state index in [-0.39, 0.29) is 5.41 Å². The zero-order chi connectivity index (χ0) is 13.9. The first-order valence-corrected chi connectivity index (χ1v) is 6.83. The lowest BCUT2D eigenvalue weighted by molar-refractivity contribution is 0.274. The zero-order valence-electron chi connectivity index (χ0n) is 11.4. The summed E-state index contributed by atoms with van der Waals surface area (Å²) in [5.41, 5.74) is 7.56. The third-order valence-corrected chi connectivity index (χ3v) is 3.88. The van der Waals surface area contributed by atoms with Gasteiger partial charge >= 0.3 is 0 Å². The second-order valence-corrected chi connectivity index (χ2v) is 6.55. The number of halogens is 1. The maximum atomic E-state index is 6.19. The van der Waals surface area contributed by atoms with E-state index in [1.165, 1.54) is 0 Å². The zero-order valence-corrected chi connectivity index (χ0v) is 13.0. The van der Waals surface area contributed by atoms with Gasteiger partial charge in [-0.05, 0) is 29.5 Å². The van der Waals surface area contributed by atoms with E-state index in [1.807, 2.05) is 12.1 Å². The number of thiocarbonyl (C=S) groups is 1. The van der Waals surface area contributed by atoms with Gasteiger partial charge in [0, 0.05) is 12.1 Å². The van der Waals surface area contributed by atoms with Gasteiger partial charge in [0.2, 0.25) is 0 Å². The van der Waals surface area contributed by atoms with Gasteiger partial charge in [0.25, 0.3) is 0 Å². The molecule has 2 nitrogen and oxygen atoms in total. The molecule has 0 fully saturated rings. The summed E-state index contributed by atoms with van der Waals surface area (Å²) in [6, 6.07) is 5.61. The number of benzene rings is 1. The molecule has 0 aliphatic carbocycles. The standard InChI is InChI=1S/C14H21ClN2S/c1-9(14(2,3)4)8-17-12-6-5-10(13(16)18)7-11(12)15/h5-7,9,17H,8H2,1-4H3,(H2,16,18). The molecular formula is C14H21ClN2S. The van der Waals surface area contributed by atoms with Crippen molar-refractivity contribution < 1.29 is 0 Å². The van der Waals surface area contributed by atoms with Crippen molar-refractivity contribution in [2.75, 3.05) is 11.9 Å². The first kappa shape index (κ1) is 15.3. The summed E-state index contributed by atoms with van der Waals surface area (Å²) in [7, 11) is 0. The Balaban J connectivity index is 2.72. The predicted octanol–water partition coefficient (Wildman–Crippen LogP) is 4.07. The number of hydrogen-bond donors (Lipinski definition) is 2. The van der Waals surface area contributed by atoms with E-state index in [1.54, 1.807) is 6.07 Å². The molecule has 0 amide bonds. The highest BCUT2D eigenvalue weighted by Crippen LogP contribution is 2.28. The summed E-state index contributed by atoms with van der Waals surface area (Å²) < 4.78 is 0. The molecule has 0 aromatic heterocycles. The molecular weight excluding hydrogens is 264 g/mol. The van der Waals surface area contributed by atoms with Gasteiger partial charge in [0.1, 0.15) is 4.99 Å². The Morgan fingerprint density at radius 2 is 2.06 bits per heavy atom. The number of nitrogens with two attached hydrogens (primary N) is 1. The van der Waals surface area contributed by atoms with E-state index in [4.69, 9.17) is 29.6 Å². The van der Waals surface area contributed by atoms with Gasteiger partial charge in [-0.1, -0.05) is 51.5 Å². The van der Waals surface area contributed by atoms with Crippen molar-refractivity contribution in [3.8, 4) is 0 Å². The van der Waals surface area contributed by atoms with Gasteiger partial charge in [0.15, 0.2) is 0 Å². The molecule has 18 heavy (non-hydrogen) atoms. The predicted molar refractivity (Wildman–Crippen MR) is 84.4 cm³/mol. The fourth-order valence-corrected chi connectivity index (χ4v) is 1.76. The Morgan fingerprint density at radius 1 is 1.44 bits per heavy atom. The van der Waals surface area contributed by atoms with Crippen molar-refractivity contribution in [2.24, 2.45) is 17.1 Å². The molecule has 0 aliphatic heterocycles. The van der Waals surface area contributed by atoms with Crippen molar-refractivity contribution >= 4 is 34.5 Å². The summed E-state index contributed by atoms with van der Waals surface area (Å²) in [5.74, 6) is 0.545. The largest absolute Gasteiger partial charge is 0.389 e. The van der Waals surface area contributed by atoms with Crippen LogP contribution in [0.15, 0.2) is 18.2 Å². The topological polar surface area (TPSA) is 38.0 Å². The van der Waals surface area contributed by atoms with E-state index < -0.39 is 0 Å². The van der Waals surface area contributed by atoms with Crippen LogP contribution in [0.4, 0.5) is 5.69 Å². The highest BCUT2D eigenvalue weighted by Gasteiger charge is 2.19. The minimum atomic E-state index is 0.276. The molecule has 0 heterocycles. The van der Waals surface area contributed by atoms with Crippen LogP contribution in [0, 0.1) is 11.3 Å². The first-order valence-electron chi connectivity index (χ1n) is 6.05. The first-order chi connectivity index (χ1) is 8.21. The summed E-state index contributed by atoms with van der Waals surface area (Å²) >= 11 is 11.1. The molecule has 0 aliphatic rings. The van der Waals surface area contributed by atoms with Crippen LogP contribution in [0.25, 0.3) is 0 Å². The second-order valence-electron chi connectivity index (χ2n) is 5.71. The fourth-order valence-electron chi connectivity index (χ4n) is 1.38. The number of nitrogens with one attached hydrogen (secondary N) is 1. The van der Waals surface area contributed by atoms with Gasteiger partial charge in [-0.15, -0.1) is 0 Å². The van der Waals surface area contributed by atoms with E-state index in [0.29, 0.717) is 15.9 Å². The Kier molecular flexibility index (Phi) is 5.00. The van der Waals surface area contributed by atoms with Gasteiger partial charge in [-0.25, -0.2) is 0 Å². The summed E-state index contributed by atoms with van der Waals surface area (Å²) in [6.45, 7) is 9.81. The van der Waals surface area contributed by atoms with Crippen molar-refractivity contribution in [1.82, 2.24) is 0 Å². The van der Waals surface area contributed by atoms with Crippen molar-refractivity contribution in [1.29, 1.82) is 0 Å². The Hall–Kier alpha value is -0.800. The normalized spacial score (nSPS) is 13.2. The lowest BCUT2D eigenvalue weighted by atomic mass is 9.82. The average Bonchev–Trinajstić information content (AvgIpc) is 2.25. The molecule has 0 saturated heterocycles. The third kappa shape index (κ3) is 4.14. The maximum absolute atomic E-state index is 6.19. The summed E-state index contributed by atoms with van der Waals surface area (Å²) in [6.07, 6.45) is 0. The Morgan fingerprint density at radius 3 is 2.50 bits per heavy atom. The molecule has 0 spiro atoms. The minimum absolute atomic E-state index is 0.276. The quantitative estimate of drug-likeness (QED) is 0.819. The highest BCUT2D eigenvalue weighted by molar-refractivity contribution is 7.80.